The lowest BCUT2D eigenvalue weighted by Crippen LogP contribution is -2.55. The maximum atomic E-state index is 14.0. The zero-order valence-corrected chi connectivity index (χ0v) is 62.7. The van der Waals surface area contributed by atoms with Crippen molar-refractivity contribution in [3.05, 3.63) is 113 Å². The van der Waals surface area contributed by atoms with E-state index in [9.17, 15) is 62.3 Å². The maximum Gasteiger partial charge on any atom is 0.410 e. The van der Waals surface area contributed by atoms with Crippen LogP contribution in [-0.4, -0.2) is 206 Å². The molecule has 1 aliphatic carbocycles. The monoisotopic (exact) mass is 1510 g/mol. The van der Waals surface area contributed by atoms with E-state index in [4.69, 9.17) is 34.4 Å². The normalized spacial score (nSPS) is 16.8. The van der Waals surface area contributed by atoms with Crippen LogP contribution in [0.2, 0.25) is 0 Å². The van der Waals surface area contributed by atoms with E-state index in [2.05, 4.69) is 36.5 Å². The van der Waals surface area contributed by atoms with Crippen LogP contribution in [0.25, 0.3) is 0 Å². The maximum absolute atomic E-state index is 14.0. The van der Waals surface area contributed by atoms with Gasteiger partial charge in [0.25, 0.3) is 17.7 Å². The number of methoxy groups -OCH3 is 1. The van der Waals surface area contributed by atoms with E-state index in [1.54, 1.807) is 93.7 Å². The van der Waals surface area contributed by atoms with Gasteiger partial charge in [0.15, 0.2) is 17.4 Å². The van der Waals surface area contributed by atoms with Gasteiger partial charge in [0.05, 0.1) is 52.4 Å². The number of carbonyl (C=O) groups excluding carboxylic acids is 13. The third kappa shape index (κ3) is 23.0. The van der Waals surface area contributed by atoms with Crippen LogP contribution < -0.4 is 46.9 Å². The van der Waals surface area contributed by atoms with E-state index in [1.165, 1.54) is 22.0 Å². The van der Waals surface area contributed by atoms with Gasteiger partial charge in [-0.25, -0.2) is 19.6 Å². The molecule has 5 heterocycles. The van der Waals surface area contributed by atoms with Crippen LogP contribution in [0.5, 0.6) is 5.75 Å². The highest BCUT2D eigenvalue weighted by atomic mass is 16.6. The van der Waals surface area contributed by atoms with Gasteiger partial charge < -0.3 is 70.3 Å². The van der Waals surface area contributed by atoms with Crippen LogP contribution in [0.4, 0.5) is 32.5 Å². The second kappa shape index (κ2) is 40.6. The minimum atomic E-state index is -0.908. The number of likely N-dealkylation sites (N-methyl/N-ethyl adjacent to an activating group) is 1. The third-order valence-corrected chi connectivity index (χ3v) is 20.0. The number of Topliss-reactive ketones (excluding diaryl/α,β-unsaturated/α-hetero) is 2. The number of urea groups is 1. The van der Waals surface area contributed by atoms with E-state index >= 15 is 0 Å². The summed E-state index contributed by atoms with van der Waals surface area (Å²) in [4.78, 5) is 186. The molecule has 1 aromatic heterocycles. The molecule has 1 unspecified atom stereocenters. The molecule has 0 bridgehead atoms. The zero-order chi connectivity index (χ0) is 78.1. The van der Waals surface area contributed by atoms with Crippen molar-refractivity contribution in [1.29, 1.82) is 0 Å². The lowest BCUT2D eigenvalue weighted by molar-refractivity contribution is -0.138. The van der Waals surface area contributed by atoms with Crippen LogP contribution >= 0.6 is 0 Å². The first-order valence-corrected chi connectivity index (χ1v) is 37.6. The van der Waals surface area contributed by atoms with E-state index in [-0.39, 0.29) is 171 Å². The van der Waals surface area contributed by atoms with Gasteiger partial charge in [-0.15, -0.1) is 0 Å². The fraction of sp³-hybridized carbons (Fsp3) is 0.526. The molecule has 0 spiro atoms. The first kappa shape index (κ1) is 82.5. The number of amides is 12. The molecule has 4 aromatic rings. The van der Waals surface area contributed by atoms with Gasteiger partial charge in [0.1, 0.15) is 36.0 Å². The number of nitrogens with zero attached hydrogens (tertiary/aromatic N) is 7. The number of anilines is 4. The molecule has 9 rings (SSSR count). The summed E-state index contributed by atoms with van der Waals surface area (Å²) in [7, 11) is 3.34. The molecular formula is C78H101N13O18. The van der Waals surface area contributed by atoms with Crippen LogP contribution in [0.15, 0.2) is 79.0 Å². The summed E-state index contributed by atoms with van der Waals surface area (Å²) in [6.45, 7) is 6.82. The number of fused-ring (bicyclic) bond motifs is 2. The van der Waals surface area contributed by atoms with Crippen molar-refractivity contribution < 1.29 is 86.0 Å². The molecule has 7 N–H and O–H groups in total. The lowest BCUT2D eigenvalue weighted by Gasteiger charge is -2.43. The number of nitrogens with two attached hydrogens (primary N) is 1. The highest BCUT2D eigenvalue weighted by Crippen LogP contribution is 2.40. The Bertz CT molecular complexity index is 3980. The summed E-state index contributed by atoms with van der Waals surface area (Å²) in [5.74, 6) is -3.19. The Balaban J connectivity index is 0.728. The van der Waals surface area contributed by atoms with Crippen LogP contribution in [0.1, 0.15) is 173 Å². The number of benzene rings is 3. The predicted octanol–water partition coefficient (Wildman–Crippen LogP) is 6.61. The molecule has 0 radical (unpaired) electrons. The van der Waals surface area contributed by atoms with Gasteiger partial charge in [-0.2, -0.15) is 0 Å². The van der Waals surface area contributed by atoms with Crippen molar-refractivity contribution in [2.75, 3.05) is 100 Å². The molecule has 586 valence electrons. The Hall–Kier alpha value is -10.5. The summed E-state index contributed by atoms with van der Waals surface area (Å²) < 4.78 is 28.9. The van der Waals surface area contributed by atoms with Crippen molar-refractivity contribution in [2.24, 2.45) is 17.6 Å². The number of piperidine rings is 1. The van der Waals surface area contributed by atoms with Crippen LogP contribution in [0.3, 0.4) is 0 Å². The topological polar surface area (TPSA) is 396 Å². The average molecular weight is 1510 g/mol. The third-order valence-electron chi connectivity index (χ3n) is 20.0. The molecule has 109 heavy (non-hydrogen) atoms. The van der Waals surface area contributed by atoms with Gasteiger partial charge in [-0.05, 0) is 99.6 Å². The van der Waals surface area contributed by atoms with E-state index in [1.807, 2.05) is 13.0 Å². The zero-order valence-electron chi connectivity index (χ0n) is 62.7. The number of aromatic nitrogens is 2. The van der Waals surface area contributed by atoms with E-state index in [0.717, 1.165) is 42.0 Å². The number of hydrogen-bond acceptors (Lipinski definition) is 21. The number of rotatable bonds is 43. The second-order valence-electron chi connectivity index (χ2n) is 28.0. The minimum Gasteiger partial charge on any atom is -0.496 e. The fourth-order valence-corrected chi connectivity index (χ4v) is 14.0. The number of ketones is 2. The Morgan fingerprint density at radius 2 is 1.50 bits per heavy atom. The lowest BCUT2D eigenvalue weighted by atomic mass is 9.89. The molecular weight excluding hydrogens is 1410 g/mol. The number of primary amides is 1. The molecule has 2 fully saturated rings. The molecule has 1 saturated heterocycles. The summed E-state index contributed by atoms with van der Waals surface area (Å²) in [5, 5.41) is 13.3. The van der Waals surface area contributed by atoms with Crippen molar-refractivity contribution >= 4 is 99.7 Å². The Kier molecular flexibility index (Phi) is 30.7. The molecule has 31 heteroatoms. The smallest absolute Gasteiger partial charge is 0.410 e. The van der Waals surface area contributed by atoms with Crippen molar-refractivity contribution in [3.63, 3.8) is 0 Å². The molecule has 5 aliphatic rings. The SMILES string of the molecule is CC[C@@H]1C(=O)N(C)c2cnc(Cc3ccc(C(=O)CCCOCCOCCOCCN(CCC(=O)Nc4cccc5c4CN(C4CCC(=O)NC4=O)C5=O)C(=O)OCc4ccc(NC(=O)[C@H](CCCNC(N)=O)CC(=O)[C@@H](NC(=O)CCCCCN5C(=O)C=CC5=O)C(C)C)cc4)cc3OC)nc2N1C1CCCC1. The van der Waals surface area contributed by atoms with Crippen molar-refractivity contribution in [3.8, 4) is 5.75 Å². The van der Waals surface area contributed by atoms with Crippen molar-refractivity contribution in [1.82, 2.24) is 40.6 Å². The summed E-state index contributed by atoms with van der Waals surface area (Å²) in [5.41, 5.74) is 9.34. The quantitative estimate of drug-likeness (QED) is 0.0154. The summed E-state index contributed by atoms with van der Waals surface area (Å²) in [6.07, 6.45) is 11.3. The van der Waals surface area contributed by atoms with Gasteiger partial charge in [-0.3, -0.25) is 63.0 Å². The molecule has 1 saturated carbocycles. The van der Waals surface area contributed by atoms with Gasteiger partial charge >= 0.3 is 12.1 Å². The van der Waals surface area contributed by atoms with Crippen LogP contribution in [-0.2, 0) is 81.7 Å². The Morgan fingerprint density at radius 1 is 0.780 bits per heavy atom. The van der Waals surface area contributed by atoms with Gasteiger partial charge in [-0.1, -0.05) is 70.4 Å². The number of nitrogens with one attached hydrogen (secondary N) is 5. The van der Waals surface area contributed by atoms with Crippen LogP contribution in [0, 0.1) is 11.8 Å². The van der Waals surface area contributed by atoms with Gasteiger partial charge in [0, 0.05) is 143 Å². The summed E-state index contributed by atoms with van der Waals surface area (Å²) >= 11 is 0. The fourth-order valence-electron chi connectivity index (χ4n) is 14.0. The standard InChI is InChI=1S/C78H101N13O18/c1-6-59-76(102)87(4)61-46-81-65(84-72(61)91(59)55-16-9-10-17-55)45-52-25-24-51(44-64(52)105-5)62(92)20-14-37-106-39-41-108-42-40-107-38-36-88(35-32-68(96)83-58-19-12-18-56-57(58)47-90(75(56)101)60-28-29-67(95)86-74(60)100)78(104)109-48-50-22-26-54(27-23-50)82-73(99)53(15-13-33-80-77(79)103)43-63(93)71(49(2)3)85-66(94)21-8-7-11-34-89-69(97)30-31-70(89)98/h12,18-19,22-27,30-31,44,46,49,53,55,59-60,71H,6-11,13-17,20-21,28-29,32-43,45,47-48H2,1-5H3,(H,82,99)(H,83,96)(H,85,94)(H3,79,80,103)(H,86,95,100)/t53-,59-,60?,71+/m1/s1. The molecule has 4 aliphatic heterocycles. The Morgan fingerprint density at radius 3 is 2.20 bits per heavy atom. The number of carbonyl (C=O) groups is 13. The number of unbranched alkanes of at least 4 members (excludes halogenated alkanes) is 2. The minimum absolute atomic E-state index is 0.00243. The second-order valence-corrected chi connectivity index (χ2v) is 28.0. The van der Waals surface area contributed by atoms with E-state index in [0.29, 0.717) is 102 Å². The molecule has 3 aromatic carbocycles. The van der Waals surface area contributed by atoms with Crippen molar-refractivity contribution in [2.45, 2.75) is 174 Å². The molecule has 4 atom stereocenters. The highest BCUT2D eigenvalue weighted by Gasteiger charge is 2.43. The largest absolute Gasteiger partial charge is 0.496 e. The first-order chi connectivity index (χ1) is 52.5. The molecule has 31 nitrogen and oxygen atoms in total. The number of hydrogen-bond donors (Lipinski definition) is 6. The van der Waals surface area contributed by atoms with E-state index < -0.39 is 59.7 Å². The number of ether oxygens (including phenoxy) is 5. The predicted molar refractivity (Wildman–Crippen MR) is 400 cm³/mol. The average Bonchev–Trinajstić information content (AvgIpc) is 1.72. The van der Waals surface area contributed by atoms with Gasteiger partial charge in [0.2, 0.25) is 35.4 Å². The first-order valence-electron chi connectivity index (χ1n) is 37.6. The highest BCUT2D eigenvalue weighted by molar-refractivity contribution is 6.13. The summed E-state index contributed by atoms with van der Waals surface area (Å²) in [6, 6.07) is 14.1. The number of imide groups is 2. The molecule has 12 amide bonds. The Labute approximate surface area is 633 Å².